The highest BCUT2D eigenvalue weighted by Gasteiger charge is 2.33. The summed E-state index contributed by atoms with van der Waals surface area (Å²) in [5, 5.41) is 11.8. The molecule has 0 bridgehead atoms. The third kappa shape index (κ3) is 3.21. The first-order valence-corrected chi connectivity index (χ1v) is 8.27. The molecule has 0 amide bonds. The van der Waals surface area contributed by atoms with E-state index in [1.165, 1.54) is 12.7 Å². The van der Waals surface area contributed by atoms with E-state index in [4.69, 9.17) is 0 Å². The van der Waals surface area contributed by atoms with Gasteiger partial charge in [0.1, 0.15) is 6.33 Å². The zero-order valence-electron chi connectivity index (χ0n) is 13.8. The molecule has 3 rings (SSSR count). The van der Waals surface area contributed by atoms with Gasteiger partial charge in [-0.15, -0.1) is 0 Å². The number of hydrogen-bond donors (Lipinski definition) is 0. The van der Waals surface area contributed by atoms with Gasteiger partial charge in [-0.1, -0.05) is 0 Å². The Hall–Kier alpha value is -1.96. The first kappa shape index (κ1) is 15.9. The molecule has 0 spiro atoms. The normalized spacial score (nSPS) is 23.1. The zero-order valence-corrected chi connectivity index (χ0v) is 13.8. The minimum atomic E-state index is -0.315. The van der Waals surface area contributed by atoms with E-state index >= 15 is 0 Å². The molecule has 1 aromatic rings. The molecular weight excluding hydrogens is 296 g/mol. The molecule has 0 N–H and O–H groups in total. The largest absolute Gasteiger partial charge is 0.353 e. The van der Waals surface area contributed by atoms with Crippen LogP contribution in [-0.4, -0.2) is 65.6 Å². The third-order valence-electron chi connectivity index (χ3n) is 4.84. The number of rotatable bonds is 3. The van der Waals surface area contributed by atoms with Gasteiger partial charge in [0.2, 0.25) is 11.6 Å². The Morgan fingerprint density at radius 2 is 1.83 bits per heavy atom. The van der Waals surface area contributed by atoms with Crippen LogP contribution in [0, 0.1) is 10.1 Å². The number of hydrogen-bond acceptors (Lipinski definition) is 7. The van der Waals surface area contributed by atoms with Crippen molar-refractivity contribution in [1.29, 1.82) is 0 Å². The van der Waals surface area contributed by atoms with Crippen molar-refractivity contribution in [2.24, 2.45) is 0 Å². The van der Waals surface area contributed by atoms with E-state index in [2.05, 4.69) is 33.7 Å². The van der Waals surface area contributed by atoms with Gasteiger partial charge in [-0.3, -0.25) is 10.1 Å². The lowest BCUT2D eigenvalue weighted by atomic mass is 10.0. The molecule has 1 aromatic heterocycles. The lowest BCUT2D eigenvalue weighted by molar-refractivity contribution is -0.383. The summed E-state index contributed by atoms with van der Waals surface area (Å²) in [6.45, 7) is 6.21. The van der Waals surface area contributed by atoms with Crippen LogP contribution in [0.3, 0.4) is 0 Å². The Morgan fingerprint density at radius 3 is 2.48 bits per heavy atom. The van der Waals surface area contributed by atoms with Gasteiger partial charge < -0.3 is 14.7 Å². The van der Waals surface area contributed by atoms with Crippen LogP contribution < -0.4 is 9.80 Å². The summed E-state index contributed by atoms with van der Waals surface area (Å²) < 4.78 is 0. The average molecular weight is 320 g/mol. The molecule has 0 saturated carbocycles. The zero-order chi connectivity index (χ0) is 16.4. The molecule has 8 heteroatoms. The fourth-order valence-corrected chi connectivity index (χ4v) is 3.40. The SMILES string of the molecule is CC1CCCCN1c1ncnc(N2CCN(C)CC2)c1[N+](=O)[O-]. The second-order valence-corrected chi connectivity index (χ2v) is 6.46. The Bertz CT molecular complexity index is 573. The van der Waals surface area contributed by atoms with E-state index in [9.17, 15) is 10.1 Å². The minimum absolute atomic E-state index is 0.0609. The van der Waals surface area contributed by atoms with Gasteiger partial charge in [0.25, 0.3) is 0 Å². The highest BCUT2D eigenvalue weighted by molar-refractivity contribution is 5.71. The maximum Gasteiger partial charge on any atom is 0.353 e. The lowest BCUT2D eigenvalue weighted by Crippen LogP contribution is -2.45. The summed E-state index contributed by atoms with van der Waals surface area (Å²) >= 11 is 0. The second-order valence-electron chi connectivity index (χ2n) is 6.46. The number of anilines is 2. The topological polar surface area (TPSA) is 78.6 Å². The Morgan fingerprint density at radius 1 is 1.13 bits per heavy atom. The van der Waals surface area contributed by atoms with Crippen LogP contribution in [0.15, 0.2) is 6.33 Å². The molecular formula is C15H24N6O2. The fourth-order valence-electron chi connectivity index (χ4n) is 3.40. The minimum Gasteiger partial charge on any atom is -0.348 e. The molecule has 1 unspecified atom stereocenters. The van der Waals surface area contributed by atoms with Crippen molar-refractivity contribution in [3.8, 4) is 0 Å². The summed E-state index contributed by atoms with van der Waals surface area (Å²) in [6.07, 6.45) is 4.74. The quantitative estimate of drug-likeness (QED) is 0.617. The van der Waals surface area contributed by atoms with Gasteiger partial charge >= 0.3 is 5.69 Å². The van der Waals surface area contributed by atoms with Crippen molar-refractivity contribution in [1.82, 2.24) is 14.9 Å². The first-order chi connectivity index (χ1) is 11.1. The number of likely N-dealkylation sites (N-methyl/N-ethyl adjacent to an activating group) is 1. The third-order valence-corrected chi connectivity index (χ3v) is 4.84. The maximum atomic E-state index is 11.8. The average Bonchev–Trinajstić information content (AvgIpc) is 2.55. The van der Waals surface area contributed by atoms with E-state index in [1.807, 2.05) is 4.90 Å². The molecule has 1 atom stereocenters. The summed E-state index contributed by atoms with van der Waals surface area (Å²) in [7, 11) is 2.06. The van der Waals surface area contributed by atoms with E-state index in [1.54, 1.807) is 0 Å². The van der Waals surface area contributed by atoms with Crippen LogP contribution in [0.25, 0.3) is 0 Å². The van der Waals surface area contributed by atoms with E-state index in [-0.39, 0.29) is 16.7 Å². The summed E-state index contributed by atoms with van der Waals surface area (Å²) in [5.74, 6) is 0.942. The number of aromatic nitrogens is 2. The molecule has 2 fully saturated rings. The Labute approximate surface area is 136 Å². The Balaban J connectivity index is 1.97. The predicted molar refractivity (Wildman–Crippen MR) is 89.1 cm³/mol. The molecule has 8 nitrogen and oxygen atoms in total. The molecule has 2 aliphatic rings. The highest BCUT2D eigenvalue weighted by Crippen LogP contribution is 2.37. The van der Waals surface area contributed by atoms with E-state index in [0.717, 1.165) is 45.6 Å². The maximum absolute atomic E-state index is 11.8. The Kier molecular flexibility index (Phi) is 4.61. The van der Waals surface area contributed by atoms with Gasteiger partial charge in [0.05, 0.1) is 4.92 Å². The van der Waals surface area contributed by atoms with Gasteiger partial charge in [-0.25, -0.2) is 9.97 Å². The number of nitrogens with zero attached hydrogens (tertiary/aromatic N) is 6. The molecule has 0 radical (unpaired) electrons. The number of nitro groups is 1. The molecule has 0 aliphatic carbocycles. The summed E-state index contributed by atoms with van der Waals surface area (Å²) in [4.78, 5) is 26.3. The van der Waals surface area contributed by atoms with Crippen LogP contribution in [0.4, 0.5) is 17.3 Å². The molecule has 126 valence electrons. The van der Waals surface area contributed by atoms with Crippen LogP contribution in [0.2, 0.25) is 0 Å². The van der Waals surface area contributed by atoms with Gasteiger partial charge in [0, 0.05) is 38.8 Å². The number of piperazine rings is 1. The van der Waals surface area contributed by atoms with Crippen molar-refractivity contribution in [3.63, 3.8) is 0 Å². The molecule has 23 heavy (non-hydrogen) atoms. The molecule has 2 aliphatic heterocycles. The van der Waals surface area contributed by atoms with Crippen molar-refractivity contribution < 1.29 is 4.92 Å². The molecule has 0 aromatic carbocycles. The monoisotopic (exact) mass is 320 g/mol. The van der Waals surface area contributed by atoms with Crippen molar-refractivity contribution in [2.45, 2.75) is 32.2 Å². The summed E-state index contributed by atoms with van der Waals surface area (Å²) in [6, 6.07) is 0.276. The van der Waals surface area contributed by atoms with Crippen LogP contribution in [0.1, 0.15) is 26.2 Å². The molecule has 3 heterocycles. The highest BCUT2D eigenvalue weighted by atomic mass is 16.6. The van der Waals surface area contributed by atoms with Gasteiger partial charge in [0.15, 0.2) is 0 Å². The van der Waals surface area contributed by atoms with Crippen molar-refractivity contribution in [3.05, 3.63) is 16.4 Å². The van der Waals surface area contributed by atoms with Gasteiger partial charge in [-0.05, 0) is 33.2 Å². The standard InChI is InChI=1S/C15H24N6O2/c1-12-5-3-4-6-20(12)15-13(21(22)23)14(16-11-17-15)19-9-7-18(2)8-10-19/h11-12H,3-10H2,1-2H3. The smallest absolute Gasteiger partial charge is 0.348 e. The van der Waals surface area contributed by atoms with Crippen molar-refractivity contribution >= 4 is 17.3 Å². The first-order valence-electron chi connectivity index (χ1n) is 8.27. The van der Waals surface area contributed by atoms with E-state index in [0.29, 0.717) is 11.6 Å². The molecule has 2 saturated heterocycles. The summed E-state index contributed by atoms with van der Waals surface area (Å²) in [5.41, 5.74) is 0.0609. The van der Waals surface area contributed by atoms with Crippen LogP contribution in [-0.2, 0) is 0 Å². The lowest BCUT2D eigenvalue weighted by Gasteiger charge is -2.36. The second kappa shape index (κ2) is 6.66. The fraction of sp³-hybridized carbons (Fsp3) is 0.733. The van der Waals surface area contributed by atoms with E-state index < -0.39 is 0 Å². The predicted octanol–water partition coefficient (Wildman–Crippen LogP) is 1.52. The van der Waals surface area contributed by atoms with Gasteiger partial charge in [-0.2, -0.15) is 0 Å². The number of piperidine rings is 1. The van der Waals surface area contributed by atoms with Crippen LogP contribution in [0.5, 0.6) is 0 Å². The van der Waals surface area contributed by atoms with Crippen LogP contribution >= 0.6 is 0 Å². The van der Waals surface area contributed by atoms with Crippen molar-refractivity contribution in [2.75, 3.05) is 49.6 Å².